The van der Waals surface area contributed by atoms with Crippen LogP contribution in [0.2, 0.25) is 0 Å². The van der Waals surface area contributed by atoms with E-state index in [2.05, 4.69) is 0 Å². The van der Waals surface area contributed by atoms with E-state index < -0.39 is 28.7 Å². The molecule has 1 aliphatic carbocycles. The molecule has 0 amide bonds. The first kappa shape index (κ1) is 14.9. The average molecular weight is 286 g/mol. The third-order valence-electron chi connectivity index (χ3n) is 4.10. The summed E-state index contributed by atoms with van der Waals surface area (Å²) in [5.74, 6) is -3.56. The lowest BCUT2D eigenvalue weighted by atomic mass is 9.77. The molecular weight excluding hydrogens is 269 g/mol. The fourth-order valence-electron chi connectivity index (χ4n) is 2.86. The summed E-state index contributed by atoms with van der Waals surface area (Å²) >= 11 is 0. The van der Waals surface area contributed by atoms with Crippen molar-refractivity contribution in [3.8, 4) is 0 Å². The summed E-state index contributed by atoms with van der Waals surface area (Å²) in [6.45, 7) is 2.46. The van der Waals surface area contributed by atoms with Crippen LogP contribution in [0.15, 0.2) is 12.1 Å². The summed E-state index contributed by atoms with van der Waals surface area (Å²) in [6.07, 6.45) is 1.76. The monoisotopic (exact) mass is 286 g/mol. The highest BCUT2D eigenvalue weighted by molar-refractivity contribution is 5.82. The second kappa shape index (κ2) is 4.79. The predicted molar refractivity (Wildman–Crippen MR) is 68.3 cm³/mol. The van der Waals surface area contributed by atoms with E-state index in [0.717, 1.165) is 12.1 Å². The first-order chi connectivity index (χ1) is 9.18. The highest BCUT2D eigenvalue weighted by atomic mass is 19.2. The van der Waals surface area contributed by atoms with Crippen molar-refractivity contribution in [2.45, 2.75) is 50.6 Å². The van der Waals surface area contributed by atoms with Gasteiger partial charge in [-0.05, 0) is 44.4 Å². The third kappa shape index (κ3) is 2.30. The van der Waals surface area contributed by atoms with Crippen LogP contribution in [-0.4, -0.2) is 11.1 Å². The molecule has 5 heteroatoms. The van der Waals surface area contributed by atoms with Gasteiger partial charge in [0, 0.05) is 5.56 Å². The second-order valence-electron chi connectivity index (χ2n) is 5.89. The maximum Gasteiger partial charge on any atom is 0.314 e. The Balaban J connectivity index is 2.66. The molecule has 0 unspecified atom stereocenters. The molecule has 0 spiro atoms. The molecule has 0 aliphatic heterocycles. The van der Waals surface area contributed by atoms with Crippen molar-refractivity contribution in [3.05, 3.63) is 34.9 Å². The molecule has 0 bridgehead atoms. The molecule has 0 saturated heterocycles. The summed E-state index contributed by atoms with van der Waals surface area (Å²) in [6, 6.07) is 1.96. The molecule has 1 fully saturated rings. The molecular formula is C15H17F3O2. The topological polar surface area (TPSA) is 37.3 Å². The lowest BCUT2D eigenvalue weighted by Gasteiger charge is -2.27. The fourth-order valence-corrected chi connectivity index (χ4v) is 2.86. The number of alkyl halides is 1. The van der Waals surface area contributed by atoms with Crippen LogP contribution >= 0.6 is 0 Å². The largest absolute Gasteiger partial charge is 0.481 e. The van der Waals surface area contributed by atoms with Crippen LogP contribution in [0.25, 0.3) is 0 Å². The normalized spacial score (nSPS) is 18.2. The van der Waals surface area contributed by atoms with Crippen LogP contribution in [0.3, 0.4) is 0 Å². The number of halogens is 3. The number of carbonyl (C=O) groups is 1. The van der Waals surface area contributed by atoms with Gasteiger partial charge >= 0.3 is 5.97 Å². The zero-order valence-corrected chi connectivity index (χ0v) is 11.5. The van der Waals surface area contributed by atoms with Crippen molar-refractivity contribution < 1.29 is 23.1 Å². The van der Waals surface area contributed by atoms with E-state index in [-0.39, 0.29) is 24.0 Å². The van der Waals surface area contributed by atoms with Crippen molar-refractivity contribution in [2.75, 3.05) is 0 Å². The van der Waals surface area contributed by atoms with Crippen LogP contribution in [0, 0.1) is 11.6 Å². The molecule has 0 radical (unpaired) electrons. The van der Waals surface area contributed by atoms with Crippen molar-refractivity contribution in [1.29, 1.82) is 0 Å². The Morgan fingerprint density at radius 3 is 2.25 bits per heavy atom. The van der Waals surface area contributed by atoms with E-state index in [1.54, 1.807) is 0 Å². The van der Waals surface area contributed by atoms with Crippen LogP contribution in [0.5, 0.6) is 0 Å². The Hall–Kier alpha value is -1.52. The van der Waals surface area contributed by atoms with Gasteiger partial charge in [0.05, 0.1) is 5.41 Å². The second-order valence-corrected chi connectivity index (χ2v) is 5.89. The standard InChI is InChI=1S/C15H17F3O2/c1-14(2,18)9-7-10(12(17)11(16)8-9)15(13(19)20)5-3-4-6-15/h7-8H,3-6H2,1-2H3,(H,19,20). The Labute approximate surface area is 115 Å². The van der Waals surface area contributed by atoms with Crippen LogP contribution in [0.1, 0.15) is 50.7 Å². The third-order valence-corrected chi connectivity index (χ3v) is 4.10. The molecule has 20 heavy (non-hydrogen) atoms. The lowest BCUT2D eigenvalue weighted by Crippen LogP contribution is -2.34. The van der Waals surface area contributed by atoms with Gasteiger partial charge in [0.25, 0.3) is 0 Å². The van der Waals surface area contributed by atoms with Gasteiger partial charge in [-0.3, -0.25) is 4.79 Å². The van der Waals surface area contributed by atoms with Crippen LogP contribution in [0.4, 0.5) is 13.2 Å². The smallest absolute Gasteiger partial charge is 0.314 e. The molecule has 2 nitrogen and oxygen atoms in total. The van der Waals surface area contributed by atoms with E-state index >= 15 is 0 Å². The van der Waals surface area contributed by atoms with E-state index in [1.807, 2.05) is 0 Å². The number of benzene rings is 1. The zero-order valence-electron chi connectivity index (χ0n) is 11.5. The van der Waals surface area contributed by atoms with Gasteiger partial charge in [0.2, 0.25) is 0 Å². The number of carboxylic acids is 1. The first-order valence-electron chi connectivity index (χ1n) is 6.61. The van der Waals surface area contributed by atoms with E-state index in [1.165, 1.54) is 13.8 Å². The van der Waals surface area contributed by atoms with Gasteiger partial charge in [-0.25, -0.2) is 13.2 Å². The average Bonchev–Trinajstić information content (AvgIpc) is 2.81. The molecule has 1 aromatic rings. The number of aliphatic carboxylic acids is 1. The number of hydrogen-bond donors (Lipinski definition) is 1. The van der Waals surface area contributed by atoms with Gasteiger partial charge in [0.15, 0.2) is 11.6 Å². The Morgan fingerprint density at radius 1 is 1.25 bits per heavy atom. The number of carboxylic acid groups (broad SMARTS) is 1. The van der Waals surface area contributed by atoms with Gasteiger partial charge < -0.3 is 5.11 Å². The fraction of sp³-hybridized carbons (Fsp3) is 0.533. The summed E-state index contributed by atoms with van der Waals surface area (Å²) < 4.78 is 41.8. The van der Waals surface area contributed by atoms with Crippen LogP contribution in [-0.2, 0) is 15.9 Å². The molecule has 0 heterocycles. The minimum absolute atomic E-state index is 0.0427. The molecule has 1 saturated carbocycles. The predicted octanol–water partition coefficient (Wildman–Crippen LogP) is 4.07. The van der Waals surface area contributed by atoms with Crippen molar-refractivity contribution in [2.24, 2.45) is 0 Å². The van der Waals surface area contributed by atoms with Gasteiger partial charge in [-0.2, -0.15) is 0 Å². The molecule has 110 valence electrons. The Bertz CT molecular complexity index is 541. The van der Waals surface area contributed by atoms with Crippen LogP contribution < -0.4 is 0 Å². The first-order valence-corrected chi connectivity index (χ1v) is 6.61. The molecule has 0 atom stereocenters. The van der Waals surface area contributed by atoms with Crippen molar-refractivity contribution in [1.82, 2.24) is 0 Å². The van der Waals surface area contributed by atoms with Gasteiger partial charge in [-0.15, -0.1) is 0 Å². The zero-order chi connectivity index (χ0) is 15.1. The molecule has 1 aliphatic rings. The molecule has 1 aromatic carbocycles. The van der Waals surface area contributed by atoms with Gasteiger partial charge in [-0.1, -0.05) is 12.8 Å². The van der Waals surface area contributed by atoms with Crippen molar-refractivity contribution >= 4 is 5.97 Å². The number of rotatable bonds is 3. The lowest BCUT2D eigenvalue weighted by molar-refractivity contribution is -0.143. The van der Waals surface area contributed by atoms with Gasteiger partial charge in [0.1, 0.15) is 5.67 Å². The Morgan fingerprint density at radius 2 is 1.80 bits per heavy atom. The minimum atomic E-state index is -1.86. The number of hydrogen-bond acceptors (Lipinski definition) is 1. The summed E-state index contributed by atoms with van der Waals surface area (Å²) in [5, 5.41) is 9.44. The quantitative estimate of drug-likeness (QED) is 0.909. The SMILES string of the molecule is CC(C)(F)c1cc(F)c(F)c(C2(C(=O)O)CCCC2)c1. The molecule has 0 aromatic heterocycles. The highest BCUT2D eigenvalue weighted by Crippen LogP contribution is 2.44. The highest BCUT2D eigenvalue weighted by Gasteiger charge is 2.46. The van der Waals surface area contributed by atoms with Crippen molar-refractivity contribution in [3.63, 3.8) is 0 Å². The van der Waals surface area contributed by atoms with E-state index in [4.69, 9.17) is 0 Å². The summed E-state index contributed by atoms with van der Waals surface area (Å²) in [4.78, 5) is 11.6. The summed E-state index contributed by atoms with van der Waals surface area (Å²) in [5.41, 5.74) is -3.57. The van der Waals surface area contributed by atoms with E-state index in [9.17, 15) is 23.1 Å². The molecule has 2 rings (SSSR count). The maximum absolute atomic E-state index is 14.1. The minimum Gasteiger partial charge on any atom is -0.481 e. The van der Waals surface area contributed by atoms with E-state index in [0.29, 0.717) is 12.8 Å². The Kier molecular flexibility index (Phi) is 3.56. The maximum atomic E-state index is 14.1. The molecule has 1 N–H and O–H groups in total. The summed E-state index contributed by atoms with van der Waals surface area (Å²) in [7, 11) is 0.